The molecule has 142 valence electrons. The zero-order valence-corrected chi connectivity index (χ0v) is 16.6. The molecule has 0 radical (unpaired) electrons. The number of rotatable bonds is 6. The third kappa shape index (κ3) is 5.34. The van der Waals surface area contributed by atoms with Crippen molar-refractivity contribution in [1.82, 2.24) is 0 Å². The molecule has 1 saturated heterocycles. The number of ketones is 1. The Bertz CT molecular complexity index is 799. The third-order valence-electron chi connectivity index (χ3n) is 4.87. The second kappa shape index (κ2) is 9.06. The van der Waals surface area contributed by atoms with Crippen LogP contribution in [0, 0.1) is 0 Å². The molecule has 0 saturated carbocycles. The van der Waals surface area contributed by atoms with Crippen molar-refractivity contribution >= 4 is 34.8 Å². The van der Waals surface area contributed by atoms with Crippen LogP contribution in [0.2, 0.25) is 0 Å². The summed E-state index contributed by atoms with van der Waals surface area (Å²) in [4.78, 5) is 28.5. The van der Waals surface area contributed by atoms with Crippen molar-refractivity contribution in [2.75, 3.05) is 49.2 Å². The zero-order chi connectivity index (χ0) is 19.2. The van der Waals surface area contributed by atoms with Crippen molar-refractivity contribution in [3.8, 4) is 0 Å². The number of nitrogens with one attached hydrogen (secondary N) is 2. The van der Waals surface area contributed by atoms with Gasteiger partial charge in [-0.25, -0.2) is 0 Å². The minimum Gasteiger partial charge on any atom is -0.360 e. The molecule has 0 aliphatic carbocycles. The Labute approximate surface area is 164 Å². The van der Waals surface area contributed by atoms with Crippen LogP contribution in [0.1, 0.15) is 17.3 Å². The molecule has 1 aliphatic heterocycles. The molecule has 0 unspecified atom stereocenters. The van der Waals surface area contributed by atoms with E-state index in [1.54, 1.807) is 18.7 Å². The van der Waals surface area contributed by atoms with Gasteiger partial charge in [0, 0.05) is 21.8 Å². The number of benzene rings is 2. The van der Waals surface area contributed by atoms with Crippen LogP contribution in [0.5, 0.6) is 0 Å². The average Bonchev–Trinajstić information content (AvgIpc) is 2.68. The van der Waals surface area contributed by atoms with E-state index < -0.39 is 0 Å². The fourth-order valence-corrected chi connectivity index (χ4v) is 3.76. The van der Waals surface area contributed by atoms with Crippen LogP contribution in [0.15, 0.2) is 53.4 Å². The molecule has 1 heterocycles. The first kappa shape index (κ1) is 19.5. The lowest BCUT2D eigenvalue weighted by Crippen LogP contribution is -3.15. The Morgan fingerprint density at radius 3 is 2.44 bits per heavy atom. The number of quaternary nitrogens is 1. The fraction of sp³-hybridized carbons (Fsp3) is 0.333. The summed E-state index contributed by atoms with van der Waals surface area (Å²) in [6.07, 6.45) is 2.03. The number of nitrogens with zero attached hydrogens (tertiary/aromatic N) is 1. The van der Waals surface area contributed by atoms with E-state index in [-0.39, 0.29) is 11.7 Å². The van der Waals surface area contributed by atoms with Crippen molar-refractivity contribution in [2.45, 2.75) is 11.8 Å². The first-order chi connectivity index (χ1) is 13.0. The Hall–Kier alpha value is -2.31. The number of piperazine rings is 1. The third-order valence-corrected chi connectivity index (χ3v) is 5.60. The van der Waals surface area contributed by atoms with Crippen LogP contribution in [-0.2, 0) is 4.79 Å². The highest BCUT2D eigenvalue weighted by molar-refractivity contribution is 7.98. The lowest BCUT2D eigenvalue weighted by atomic mass is 10.1. The molecule has 0 aromatic heterocycles. The van der Waals surface area contributed by atoms with E-state index in [0.717, 1.165) is 48.0 Å². The van der Waals surface area contributed by atoms with Crippen LogP contribution >= 0.6 is 11.8 Å². The van der Waals surface area contributed by atoms with E-state index in [0.29, 0.717) is 6.54 Å². The standard InChI is InChI=1S/C21H25N3O2S/c1-16(25)17-6-8-19(9-7-17)24-12-10-23(11-13-24)15-21(26)22-18-4-3-5-20(14-18)27-2/h3-9,14H,10-13,15H2,1-2H3,(H,22,26)/p+1. The summed E-state index contributed by atoms with van der Waals surface area (Å²) < 4.78 is 0. The van der Waals surface area contributed by atoms with Gasteiger partial charge in [-0.3, -0.25) is 9.59 Å². The van der Waals surface area contributed by atoms with Crippen LogP contribution in [0.3, 0.4) is 0 Å². The number of Topliss-reactive ketones (excluding diaryl/α,β-unsaturated/α-hetero) is 1. The van der Waals surface area contributed by atoms with Gasteiger partial charge < -0.3 is 15.1 Å². The molecule has 1 amide bonds. The van der Waals surface area contributed by atoms with E-state index in [9.17, 15) is 9.59 Å². The molecule has 2 aromatic rings. The van der Waals surface area contributed by atoms with Gasteiger partial charge in [0.05, 0.1) is 26.2 Å². The van der Waals surface area contributed by atoms with E-state index in [1.165, 1.54) is 4.90 Å². The van der Waals surface area contributed by atoms with E-state index in [2.05, 4.69) is 10.2 Å². The summed E-state index contributed by atoms with van der Waals surface area (Å²) in [6, 6.07) is 15.7. The lowest BCUT2D eigenvalue weighted by Gasteiger charge is -2.33. The lowest BCUT2D eigenvalue weighted by molar-refractivity contribution is -0.892. The molecular formula is C21H26N3O2S+. The topological polar surface area (TPSA) is 53.9 Å². The van der Waals surface area contributed by atoms with Crippen LogP contribution in [0.25, 0.3) is 0 Å². The SMILES string of the molecule is CSc1cccc(NC(=O)C[NH+]2CCN(c3ccc(C(C)=O)cc3)CC2)c1. The molecule has 0 bridgehead atoms. The molecule has 0 spiro atoms. The average molecular weight is 385 g/mol. The number of carbonyl (C=O) groups excluding carboxylic acids is 2. The van der Waals surface area contributed by atoms with Gasteiger partial charge in [-0.05, 0) is 55.6 Å². The van der Waals surface area contributed by atoms with Crippen molar-refractivity contribution < 1.29 is 14.5 Å². The van der Waals surface area contributed by atoms with Crippen molar-refractivity contribution in [3.63, 3.8) is 0 Å². The molecule has 6 heteroatoms. The highest BCUT2D eigenvalue weighted by atomic mass is 32.2. The number of carbonyl (C=O) groups is 2. The smallest absolute Gasteiger partial charge is 0.279 e. The fourth-order valence-electron chi connectivity index (χ4n) is 3.30. The second-order valence-electron chi connectivity index (χ2n) is 6.80. The predicted molar refractivity (Wildman–Crippen MR) is 111 cm³/mol. The molecule has 3 rings (SSSR count). The number of thioether (sulfide) groups is 1. The van der Waals surface area contributed by atoms with E-state index in [1.807, 2.05) is 54.8 Å². The maximum Gasteiger partial charge on any atom is 0.279 e. The monoisotopic (exact) mass is 384 g/mol. The molecule has 0 atom stereocenters. The number of hydrogen-bond donors (Lipinski definition) is 2. The van der Waals surface area contributed by atoms with Gasteiger partial charge in [-0.2, -0.15) is 0 Å². The van der Waals surface area contributed by atoms with E-state index >= 15 is 0 Å². The van der Waals surface area contributed by atoms with Crippen LogP contribution in [-0.4, -0.2) is 50.7 Å². The quantitative estimate of drug-likeness (QED) is 0.591. The number of amides is 1. The van der Waals surface area contributed by atoms with Gasteiger partial charge in [-0.15, -0.1) is 11.8 Å². The van der Waals surface area contributed by atoms with Gasteiger partial charge in [0.2, 0.25) is 0 Å². The van der Waals surface area contributed by atoms with Crippen LogP contribution < -0.4 is 15.1 Å². The van der Waals surface area contributed by atoms with E-state index in [4.69, 9.17) is 0 Å². The molecule has 1 aliphatic rings. The molecule has 5 nitrogen and oxygen atoms in total. The Balaban J connectivity index is 1.48. The zero-order valence-electron chi connectivity index (χ0n) is 15.8. The van der Waals surface area contributed by atoms with Crippen LogP contribution in [0.4, 0.5) is 11.4 Å². The summed E-state index contributed by atoms with van der Waals surface area (Å²) in [5.74, 6) is 0.146. The molecule has 1 fully saturated rings. The maximum atomic E-state index is 12.3. The molecule has 27 heavy (non-hydrogen) atoms. The summed E-state index contributed by atoms with van der Waals surface area (Å²) in [7, 11) is 0. The number of anilines is 2. The summed E-state index contributed by atoms with van der Waals surface area (Å²) >= 11 is 1.67. The summed E-state index contributed by atoms with van der Waals surface area (Å²) in [5.41, 5.74) is 2.73. The first-order valence-corrected chi connectivity index (χ1v) is 10.4. The summed E-state index contributed by atoms with van der Waals surface area (Å²) in [5, 5.41) is 3.00. The minimum atomic E-state index is 0.0579. The van der Waals surface area contributed by atoms with Gasteiger partial charge in [0.15, 0.2) is 12.3 Å². The van der Waals surface area contributed by atoms with Crippen molar-refractivity contribution in [2.24, 2.45) is 0 Å². The Kier molecular flexibility index (Phi) is 6.53. The van der Waals surface area contributed by atoms with Gasteiger partial charge in [0.25, 0.3) is 5.91 Å². The van der Waals surface area contributed by atoms with Gasteiger partial charge in [0.1, 0.15) is 0 Å². The van der Waals surface area contributed by atoms with Crippen molar-refractivity contribution in [1.29, 1.82) is 0 Å². The highest BCUT2D eigenvalue weighted by Crippen LogP contribution is 2.19. The molecule has 2 aromatic carbocycles. The van der Waals surface area contributed by atoms with Gasteiger partial charge in [-0.1, -0.05) is 6.07 Å². The molecular weight excluding hydrogens is 358 g/mol. The van der Waals surface area contributed by atoms with Crippen molar-refractivity contribution in [3.05, 3.63) is 54.1 Å². The Morgan fingerprint density at radius 2 is 1.81 bits per heavy atom. The maximum absolute atomic E-state index is 12.3. The minimum absolute atomic E-state index is 0.0579. The summed E-state index contributed by atoms with van der Waals surface area (Å²) in [6.45, 7) is 5.73. The first-order valence-electron chi connectivity index (χ1n) is 9.18. The number of hydrogen-bond acceptors (Lipinski definition) is 4. The normalized spacial score (nSPS) is 14.8. The largest absolute Gasteiger partial charge is 0.360 e. The van der Waals surface area contributed by atoms with Gasteiger partial charge >= 0.3 is 0 Å². The highest BCUT2D eigenvalue weighted by Gasteiger charge is 2.22. The Morgan fingerprint density at radius 1 is 1.11 bits per heavy atom. The molecule has 2 N–H and O–H groups in total. The predicted octanol–water partition coefficient (Wildman–Crippen LogP) is 1.95. The second-order valence-corrected chi connectivity index (χ2v) is 7.68.